The molecule has 1 aromatic carbocycles. The van der Waals surface area contributed by atoms with Crippen LogP contribution in [-0.2, 0) is 16.6 Å². The topological polar surface area (TPSA) is 110 Å². The lowest BCUT2D eigenvalue weighted by Gasteiger charge is -2.34. The van der Waals surface area contributed by atoms with Gasteiger partial charge in [-0.05, 0) is 50.1 Å². The number of benzene rings is 1. The van der Waals surface area contributed by atoms with Gasteiger partial charge in [-0.3, -0.25) is 19.2 Å². The summed E-state index contributed by atoms with van der Waals surface area (Å²) in [5.74, 6) is 0.205. The van der Waals surface area contributed by atoms with Crippen LogP contribution >= 0.6 is 0 Å². The molecule has 9 heteroatoms. The summed E-state index contributed by atoms with van der Waals surface area (Å²) in [6.45, 7) is 5.33. The van der Waals surface area contributed by atoms with Gasteiger partial charge in [-0.1, -0.05) is 13.0 Å². The number of hydrogen-bond donors (Lipinski definition) is 2. The van der Waals surface area contributed by atoms with Crippen molar-refractivity contribution in [2.24, 2.45) is 7.05 Å². The van der Waals surface area contributed by atoms with Crippen LogP contribution in [0.4, 0.5) is 11.4 Å². The largest absolute Gasteiger partial charge is 0.478 e. The van der Waals surface area contributed by atoms with E-state index in [4.69, 9.17) is 9.15 Å². The van der Waals surface area contributed by atoms with E-state index in [1.807, 2.05) is 20.8 Å². The fourth-order valence-corrected chi connectivity index (χ4v) is 3.82. The number of rotatable bonds is 6. The number of fused-ring (bicyclic) bond motifs is 1. The highest BCUT2D eigenvalue weighted by Gasteiger charge is 2.35. The number of nitrogens with one attached hydrogen (secondary N) is 1. The number of amides is 2. The molecule has 0 fully saturated rings. The minimum absolute atomic E-state index is 0.195. The van der Waals surface area contributed by atoms with Gasteiger partial charge >= 0.3 is 0 Å². The highest BCUT2D eigenvalue weighted by atomic mass is 16.5. The Balaban J connectivity index is 1.64. The molecule has 0 bridgehead atoms. The van der Waals surface area contributed by atoms with Crippen molar-refractivity contribution in [1.82, 2.24) is 9.78 Å². The summed E-state index contributed by atoms with van der Waals surface area (Å²) < 4.78 is 12.8. The Morgan fingerprint density at radius 1 is 1.31 bits per heavy atom. The second-order valence-corrected chi connectivity index (χ2v) is 7.80. The number of nitrogens with zero attached hydrogens (tertiary/aromatic N) is 3. The molecule has 0 radical (unpaired) electrons. The SMILES string of the molecule is CC[C@H]1Oc2ccc([C@H](O)c3ccco3)cc2N(CC(=O)Nc2c(C)nn(C)c2C)C1=O. The van der Waals surface area contributed by atoms with Crippen molar-refractivity contribution in [3.8, 4) is 5.75 Å². The van der Waals surface area contributed by atoms with Crippen molar-refractivity contribution in [2.75, 3.05) is 16.8 Å². The van der Waals surface area contributed by atoms with Crippen molar-refractivity contribution in [2.45, 2.75) is 39.4 Å². The third-order valence-corrected chi connectivity index (χ3v) is 5.66. The summed E-state index contributed by atoms with van der Waals surface area (Å²) in [5.41, 5.74) is 3.10. The van der Waals surface area contributed by atoms with Crippen LogP contribution in [0, 0.1) is 13.8 Å². The predicted octanol–water partition coefficient (Wildman–Crippen LogP) is 2.85. The third-order valence-electron chi connectivity index (χ3n) is 5.66. The third kappa shape index (κ3) is 3.87. The zero-order valence-electron chi connectivity index (χ0n) is 18.5. The van der Waals surface area contributed by atoms with Gasteiger partial charge in [0.2, 0.25) is 5.91 Å². The van der Waals surface area contributed by atoms with Crippen molar-refractivity contribution in [3.05, 3.63) is 59.3 Å². The van der Waals surface area contributed by atoms with E-state index in [9.17, 15) is 14.7 Å². The Kier molecular flexibility index (Phi) is 5.75. The molecule has 2 atom stereocenters. The van der Waals surface area contributed by atoms with Crippen LogP contribution < -0.4 is 15.0 Å². The van der Waals surface area contributed by atoms with Gasteiger partial charge in [-0.15, -0.1) is 0 Å². The number of aromatic nitrogens is 2. The molecule has 1 aliphatic heterocycles. The molecular formula is C23H26N4O5. The Labute approximate surface area is 185 Å². The first-order valence-electron chi connectivity index (χ1n) is 10.4. The molecular weight excluding hydrogens is 412 g/mol. The van der Waals surface area contributed by atoms with E-state index in [1.54, 1.807) is 42.1 Å². The first kappa shape index (κ1) is 21.6. The minimum Gasteiger partial charge on any atom is -0.478 e. The van der Waals surface area contributed by atoms with Crippen molar-refractivity contribution < 1.29 is 23.8 Å². The smallest absolute Gasteiger partial charge is 0.268 e. The molecule has 4 rings (SSSR count). The Bertz CT molecular complexity index is 1150. The maximum atomic E-state index is 13.1. The van der Waals surface area contributed by atoms with Crippen molar-refractivity contribution in [3.63, 3.8) is 0 Å². The zero-order valence-corrected chi connectivity index (χ0v) is 18.5. The highest BCUT2D eigenvalue weighted by molar-refractivity contribution is 6.06. The van der Waals surface area contributed by atoms with Gasteiger partial charge in [-0.25, -0.2) is 0 Å². The fraction of sp³-hybridized carbons (Fsp3) is 0.348. The number of ether oxygens (including phenoxy) is 1. The molecule has 3 aromatic rings. The second kappa shape index (κ2) is 8.51. The van der Waals surface area contributed by atoms with Crippen LogP contribution in [0.3, 0.4) is 0 Å². The molecule has 2 amide bonds. The summed E-state index contributed by atoms with van der Waals surface area (Å²) in [4.78, 5) is 27.4. The summed E-state index contributed by atoms with van der Waals surface area (Å²) in [6.07, 6.45) is 0.256. The molecule has 168 valence electrons. The van der Waals surface area contributed by atoms with Crippen molar-refractivity contribution >= 4 is 23.2 Å². The monoisotopic (exact) mass is 438 g/mol. The van der Waals surface area contributed by atoms with E-state index in [0.717, 1.165) is 5.69 Å². The molecule has 0 saturated heterocycles. The standard InChI is InChI=1S/C23H26N4O5/c1-5-17-23(30)27(12-20(28)24-21-13(2)25-26(4)14(21)3)16-11-15(8-9-18(16)32-17)22(29)19-7-6-10-31-19/h6-11,17,22,29H,5,12H2,1-4H3,(H,24,28)/t17-,22+/m1/s1. The van der Waals surface area contributed by atoms with Gasteiger partial charge < -0.3 is 19.6 Å². The molecule has 9 nitrogen and oxygen atoms in total. The van der Waals surface area contributed by atoms with E-state index in [0.29, 0.717) is 40.6 Å². The molecule has 0 aliphatic carbocycles. The highest BCUT2D eigenvalue weighted by Crippen LogP contribution is 2.38. The van der Waals surface area contributed by atoms with Crippen LogP contribution in [-0.4, -0.2) is 39.4 Å². The first-order chi connectivity index (χ1) is 15.3. The van der Waals surface area contributed by atoms with Gasteiger partial charge in [0.05, 0.1) is 29.0 Å². The summed E-state index contributed by atoms with van der Waals surface area (Å²) in [7, 11) is 1.80. The number of carbonyl (C=O) groups excluding carboxylic acids is 2. The molecule has 0 unspecified atom stereocenters. The van der Waals surface area contributed by atoms with Crippen LogP contribution in [0.25, 0.3) is 0 Å². The van der Waals surface area contributed by atoms with E-state index in [2.05, 4.69) is 10.4 Å². The predicted molar refractivity (Wildman–Crippen MR) is 118 cm³/mol. The number of furan rings is 1. The lowest BCUT2D eigenvalue weighted by Crippen LogP contribution is -2.48. The summed E-state index contributed by atoms with van der Waals surface area (Å²) >= 11 is 0. The summed E-state index contributed by atoms with van der Waals surface area (Å²) in [6, 6.07) is 8.43. The fourth-order valence-electron chi connectivity index (χ4n) is 3.82. The number of aliphatic hydroxyl groups is 1. The first-order valence-corrected chi connectivity index (χ1v) is 10.4. The van der Waals surface area contributed by atoms with Crippen LogP contribution in [0.5, 0.6) is 5.75 Å². The number of aryl methyl sites for hydroxylation is 2. The van der Waals surface area contributed by atoms with E-state index in [-0.39, 0.29) is 18.4 Å². The maximum Gasteiger partial charge on any atom is 0.268 e. The molecule has 32 heavy (non-hydrogen) atoms. The van der Waals surface area contributed by atoms with E-state index in [1.165, 1.54) is 11.2 Å². The van der Waals surface area contributed by atoms with Gasteiger partial charge in [0, 0.05) is 7.05 Å². The lowest BCUT2D eigenvalue weighted by atomic mass is 10.0. The summed E-state index contributed by atoms with van der Waals surface area (Å²) in [5, 5.41) is 17.8. The molecule has 3 heterocycles. The quantitative estimate of drug-likeness (QED) is 0.612. The molecule has 0 spiro atoms. The number of hydrogen-bond acceptors (Lipinski definition) is 6. The van der Waals surface area contributed by atoms with Crippen LogP contribution in [0.2, 0.25) is 0 Å². The minimum atomic E-state index is -1.01. The Morgan fingerprint density at radius 2 is 2.09 bits per heavy atom. The molecule has 1 aliphatic rings. The molecule has 2 aromatic heterocycles. The molecule has 0 saturated carbocycles. The number of carbonyl (C=O) groups is 2. The van der Waals surface area contributed by atoms with Gasteiger partial charge in [0.1, 0.15) is 24.2 Å². The maximum absolute atomic E-state index is 13.1. The van der Waals surface area contributed by atoms with Gasteiger partial charge in [0.15, 0.2) is 6.10 Å². The Hall–Kier alpha value is -3.59. The average Bonchev–Trinajstić information content (AvgIpc) is 3.39. The number of anilines is 2. The molecule has 2 N–H and O–H groups in total. The van der Waals surface area contributed by atoms with Crippen LogP contribution in [0.1, 0.15) is 42.2 Å². The Morgan fingerprint density at radius 3 is 2.72 bits per heavy atom. The normalized spacial score (nSPS) is 16.5. The van der Waals surface area contributed by atoms with Gasteiger partial charge in [-0.2, -0.15) is 5.10 Å². The van der Waals surface area contributed by atoms with E-state index < -0.39 is 12.2 Å². The van der Waals surface area contributed by atoms with Crippen LogP contribution in [0.15, 0.2) is 41.0 Å². The van der Waals surface area contributed by atoms with E-state index >= 15 is 0 Å². The second-order valence-electron chi connectivity index (χ2n) is 7.80. The average molecular weight is 438 g/mol. The van der Waals surface area contributed by atoms with Crippen molar-refractivity contribution in [1.29, 1.82) is 0 Å². The van der Waals surface area contributed by atoms with Gasteiger partial charge in [0.25, 0.3) is 5.91 Å². The zero-order chi connectivity index (χ0) is 23.0. The lowest BCUT2D eigenvalue weighted by molar-refractivity contribution is -0.128. The number of aliphatic hydroxyl groups excluding tert-OH is 1.